The molecule has 0 aromatic carbocycles. The Morgan fingerprint density at radius 3 is 2.50 bits per heavy atom. The summed E-state index contributed by atoms with van der Waals surface area (Å²) in [5.41, 5.74) is -0.747. The van der Waals surface area contributed by atoms with Gasteiger partial charge in [0.25, 0.3) is 5.56 Å². The zero-order chi connectivity index (χ0) is 16.9. The van der Waals surface area contributed by atoms with Gasteiger partial charge in [0, 0.05) is 32.2 Å². The third-order valence-electron chi connectivity index (χ3n) is 5.10. The topological polar surface area (TPSA) is 76.7 Å². The lowest BCUT2D eigenvalue weighted by atomic mass is 9.95. The highest BCUT2D eigenvalue weighted by molar-refractivity contribution is 5.08. The molecular formula is C17H27N3O4. The SMILES string of the molecule is O=c1cc(O)n(CCCN2CCOCC2)c(=O)n1C1CCCCC1. The van der Waals surface area contributed by atoms with Gasteiger partial charge in [0.15, 0.2) is 0 Å². The molecule has 1 saturated carbocycles. The number of aromatic hydroxyl groups is 1. The molecule has 2 aliphatic rings. The van der Waals surface area contributed by atoms with Crippen LogP contribution in [0.15, 0.2) is 15.7 Å². The molecule has 134 valence electrons. The predicted octanol–water partition coefficient (Wildman–Crippen LogP) is 0.943. The maximum atomic E-state index is 12.7. The van der Waals surface area contributed by atoms with Gasteiger partial charge in [-0.05, 0) is 19.3 Å². The highest BCUT2D eigenvalue weighted by atomic mass is 16.5. The largest absolute Gasteiger partial charge is 0.494 e. The molecule has 24 heavy (non-hydrogen) atoms. The van der Waals surface area contributed by atoms with Gasteiger partial charge in [0.05, 0.1) is 19.3 Å². The number of nitrogens with zero attached hydrogens (tertiary/aromatic N) is 3. The highest BCUT2D eigenvalue weighted by Crippen LogP contribution is 2.26. The Morgan fingerprint density at radius 2 is 1.79 bits per heavy atom. The molecule has 0 radical (unpaired) electrons. The zero-order valence-electron chi connectivity index (χ0n) is 14.2. The van der Waals surface area contributed by atoms with Crippen LogP contribution in [0, 0.1) is 0 Å². The van der Waals surface area contributed by atoms with Crippen LogP contribution < -0.4 is 11.2 Å². The molecule has 0 amide bonds. The first-order valence-electron chi connectivity index (χ1n) is 9.02. The summed E-state index contributed by atoms with van der Waals surface area (Å²) in [4.78, 5) is 27.2. The minimum atomic E-state index is -0.381. The maximum absolute atomic E-state index is 12.7. The third kappa shape index (κ3) is 3.89. The van der Waals surface area contributed by atoms with Crippen molar-refractivity contribution < 1.29 is 9.84 Å². The molecule has 1 aliphatic heterocycles. The predicted molar refractivity (Wildman–Crippen MR) is 90.6 cm³/mol. The van der Waals surface area contributed by atoms with Crippen molar-refractivity contribution in [1.82, 2.24) is 14.0 Å². The fraction of sp³-hybridized carbons (Fsp3) is 0.765. The van der Waals surface area contributed by atoms with Crippen molar-refractivity contribution in [3.8, 4) is 5.88 Å². The van der Waals surface area contributed by atoms with Crippen LogP contribution in [0.5, 0.6) is 5.88 Å². The van der Waals surface area contributed by atoms with Gasteiger partial charge < -0.3 is 9.84 Å². The van der Waals surface area contributed by atoms with Crippen molar-refractivity contribution in [2.24, 2.45) is 0 Å². The second-order valence-electron chi connectivity index (χ2n) is 6.74. The Bertz CT molecular complexity index is 655. The molecule has 2 fully saturated rings. The van der Waals surface area contributed by atoms with Crippen molar-refractivity contribution in [3.63, 3.8) is 0 Å². The average molecular weight is 337 g/mol. The van der Waals surface area contributed by atoms with Gasteiger partial charge in [0.2, 0.25) is 5.88 Å². The summed E-state index contributed by atoms with van der Waals surface area (Å²) in [5, 5.41) is 10.0. The number of morpholine rings is 1. The summed E-state index contributed by atoms with van der Waals surface area (Å²) >= 11 is 0. The van der Waals surface area contributed by atoms with Crippen molar-refractivity contribution in [2.75, 3.05) is 32.8 Å². The fourth-order valence-electron chi connectivity index (χ4n) is 3.74. The van der Waals surface area contributed by atoms with Gasteiger partial charge in [-0.3, -0.25) is 18.8 Å². The molecule has 0 unspecified atom stereocenters. The molecule has 1 aromatic heterocycles. The van der Waals surface area contributed by atoms with E-state index >= 15 is 0 Å². The van der Waals surface area contributed by atoms with Gasteiger partial charge in [-0.15, -0.1) is 0 Å². The van der Waals surface area contributed by atoms with Crippen LogP contribution >= 0.6 is 0 Å². The van der Waals surface area contributed by atoms with Crippen molar-refractivity contribution >= 4 is 0 Å². The lowest BCUT2D eigenvalue weighted by Gasteiger charge is -2.27. The van der Waals surface area contributed by atoms with E-state index in [1.54, 1.807) is 0 Å². The highest BCUT2D eigenvalue weighted by Gasteiger charge is 2.21. The summed E-state index contributed by atoms with van der Waals surface area (Å²) in [6.07, 6.45) is 5.76. The average Bonchev–Trinajstić information content (AvgIpc) is 2.59. The van der Waals surface area contributed by atoms with Gasteiger partial charge in [-0.25, -0.2) is 4.79 Å². The molecule has 1 saturated heterocycles. The summed E-state index contributed by atoms with van der Waals surface area (Å²) in [7, 11) is 0. The van der Waals surface area contributed by atoms with E-state index < -0.39 is 0 Å². The Morgan fingerprint density at radius 1 is 1.08 bits per heavy atom. The van der Waals surface area contributed by atoms with Crippen LogP contribution in [0.4, 0.5) is 0 Å². The minimum absolute atomic E-state index is 0.0233. The number of hydrogen-bond donors (Lipinski definition) is 1. The van der Waals surface area contributed by atoms with Crippen molar-refractivity contribution in [1.29, 1.82) is 0 Å². The Kier molecular flexibility index (Phi) is 5.73. The second kappa shape index (κ2) is 7.98. The first-order valence-corrected chi connectivity index (χ1v) is 9.02. The summed E-state index contributed by atoms with van der Waals surface area (Å²) in [6, 6.07) is 1.16. The summed E-state index contributed by atoms with van der Waals surface area (Å²) < 4.78 is 8.02. The summed E-state index contributed by atoms with van der Waals surface area (Å²) in [6.45, 7) is 4.59. The van der Waals surface area contributed by atoms with Crippen molar-refractivity contribution in [3.05, 3.63) is 26.9 Å². The van der Waals surface area contributed by atoms with E-state index in [4.69, 9.17) is 4.74 Å². The Hall–Kier alpha value is -1.60. The molecular weight excluding hydrogens is 310 g/mol. The number of aromatic nitrogens is 2. The second-order valence-corrected chi connectivity index (χ2v) is 6.74. The van der Waals surface area contributed by atoms with Gasteiger partial charge in [-0.1, -0.05) is 19.3 Å². The first kappa shape index (κ1) is 17.2. The fourth-order valence-corrected chi connectivity index (χ4v) is 3.74. The van der Waals surface area contributed by atoms with Crippen LogP contribution in [0.3, 0.4) is 0 Å². The molecule has 1 N–H and O–H groups in total. The standard InChI is InChI=1S/C17H27N3O4/c21-15-13-16(22)20(14-5-2-1-3-6-14)17(23)19(15)8-4-7-18-9-11-24-12-10-18/h13-14,21H,1-12H2. The van der Waals surface area contributed by atoms with E-state index in [-0.39, 0.29) is 23.2 Å². The molecule has 0 spiro atoms. The number of ether oxygens (including phenoxy) is 1. The van der Waals surface area contributed by atoms with E-state index in [1.807, 2.05) is 0 Å². The lowest BCUT2D eigenvalue weighted by Crippen LogP contribution is -2.42. The summed E-state index contributed by atoms with van der Waals surface area (Å²) in [5.74, 6) is -0.223. The maximum Gasteiger partial charge on any atom is 0.334 e. The van der Waals surface area contributed by atoms with Gasteiger partial charge in [0.1, 0.15) is 0 Å². The van der Waals surface area contributed by atoms with E-state index in [2.05, 4.69) is 4.90 Å². The van der Waals surface area contributed by atoms with E-state index in [0.29, 0.717) is 6.54 Å². The van der Waals surface area contributed by atoms with Crippen LogP contribution in [0.1, 0.15) is 44.6 Å². The monoisotopic (exact) mass is 337 g/mol. The smallest absolute Gasteiger partial charge is 0.334 e. The molecule has 3 rings (SSSR count). The first-order chi connectivity index (χ1) is 11.7. The van der Waals surface area contributed by atoms with Crippen LogP contribution in [-0.2, 0) is 11.3 Å². The number of hydrogen-bond acceptors (Lipinski definition) is 5. The van der Waals surface area contributed by atoms with E-state index in [1.165, 1.54) is 15.2 Å². The third-order valence-corrected chi connectivity index (χ3v) is 5.10. The van der Waals surface area contributed by atoms with E-state index in [9.17, 15) is 14.7 Å². The minimum Gasteiger partial charge on any atom is -0.494 e. The lowest BCUT2D eigenvalue weighted by molar-refractivity contribution is 0.0368. The molecule has 2 heterocycles. The molecule has 7 nitrogen and oxygen atoms in total. The van der Waals surface area contributed by atoms with E-state index in [0.717, 1.165) is 71.4 Å². The normalized spacial score (nSPS) is 20.3. The molecule has 0 atom stereocenters. The van der Waals surface area contributed by atoms with Crippen LogP contribution in [0.25, 0.3) is 0 Å². The van der Waals surface area contributed by atoms with Crippen LogP contribution in [0.2, 0.25) is 0 Å². The van der Waals surface area contributed by atoms with Gasteiger partial charge in [-0.2, -0.15) is 0 Å². The van der Waals surface area contributed by atoms with Crippen molar-refractivity contribution in [2.45, 2.75) is 51.1 Å². The molecule has 7 heteroatoms. The van der Waals surface area contributed by atoms with Crippen LogP contribution in [-0.4, -0.2) is 52.0 Å². The Labute approximate surface area is 141 Å². The zero-order valence-corrected chi connectivity index (χ0v) is 14.2. The Balaban J connectivity index is 1.72. The van der Waals surface area contributed by atoms with Gasteiger partial charge >= 0.3 is 5.69 Å². The molecule has 1 aromatic rings. The molecule has 1 aliphatic carbocycles. The molecule has 0 bridgehead atoms. The number of rotatable bonds is 5. The quantitative estimate of drug-likeness (QED) is 0.865.